The number of rotatable bonds is 6. The molecular formula is C18H25N3OS. The van der Waals surface area contributed by atoms with E-state index < -0.39 is 10.8 Å². The van der Waals surface area contributed by atoms with Crippen molar-refractivity contribution in [2.75, 3.05) is 6.26 Å². The van der Waals surface area contributed by atoms with E-state index in [-0.39, 0.29) is 6.04 Å². The molecule has 0 radical (unpaired) electrons. The van der Waals surface area contributed by atoms with E-state index in [0.29, 0.717) is 6.04 Å². The second-order valence-corrected chi connectivity index (χ2v) is 7.73. The van der Waals surface area contributed by atoms with Crippen molar-refractivity contribution in [3.63, 3.8) is 0 Å². The first-order valence-electron chi connectivity index (χ1n) is 8.34. The summed E-state index contributed by atoms with van der Waals surface area (Å²) in [6.45, 7) is 2.91. The average Bonchev–Trinajstić information content (AvgIpc) is 3.23. The Morgan fingerprint density at radius 2 is 1.96 bits per heavy atom. The van der Waals surface area contributed by atoms with Crippen LogP contribution in [0.5, 0.6) is 0 Å². The molecule has 0 saturated heterocycles. The van der Waals surface area contributed by atoms with Gasteiger partial charge >= 0.3 is 0 Å². The Labute approximate surface area is 140 Å². The highest BCUT2D eigenvalue weighted by Gasteiger charge is 2.17. The first kappa shape index (κ1) is 16.4. The third-order valence-electron chi connectivity index (χ3n) is 4.66. The summed E-state index contributed by atoms with van der Waals surface area (Å²) in [4.78, 5) is 0.872. The fourth-order valence-electron chi connectivity index (χ4n) is 3.17. The Morgan fingerprint density at radius 1 is 1.26 bits per heavy atom. The minimum Gasteiger partial charge on any atom is -0.304 e. The lowest BCUT2D eigenvalue weighted by Gasteiger charge is -2.14. The first-order valence-corrected chi connectivity index (χ1v) is 9.90. The Morgan fingerprint density at radius 3 is 2.61 bits per heavy atom. The lowest BCUT2D eigenvalue weighted by molar-refractivity contribution is 0.458. The number of hydrogen-bond donors (Lipinski definition) is 1. The van der Waals surface area contributed by atoms with Gasteiger partial charge in [-0.2, -0.15) is 5.10 Å². The van der Waals surface area contributed by atoms with Crippen LogP contribution in [0.1, 0.15) is 55.9 Å². The fraction of sp³-hybridized carbons (Fsp3) is 0.500. The van der Waals surface area contributed by atoms with E-state index in [1.165, 1.54) is 31.2 Å². The fourth-order valence-corrected chi connectivity index (χ4v) is 3.69. The minimum absolute atomic E-state index is 0.242. The maximum atomic E-state index is 11.4. The van der Waals surface area contributed by atoms with Crippen molar-refractivity contribution in [3.05, 3.63) is 47.8 Å². The molecule has 5 heteroatoms. The van der Waals surface area contributed by atoms with Gasteiger partial charge in [-0.25, -0.2) is 0 Å². The summed E-state index contributed by atoms with van der Waals surface area (Å²) in [5.41, 5.74) is 2.30. The Balaban J connectivity index is 1.56. The van der Waals surface area contributed by atoms with Gasteiger partial charge in [0.05, 0.1) is 11.7 Å². The molecule has 0 spiro atoms. The zero-order chi connectivity index (χ0) is 16.2. The second-order valence-electron chi connectivity index (χ2n) is 6.35. The van der Waals surface area contributed by atoms with Crippen LogP contribution in [0, 0.1) is 0 Å². The van der Waals surface area contributed by atoms with Crippen LogP contribution < -0.4 is 5.32 Å². The quantitative estimate of drug-likeness (QED) is 0.880. The van der Waals surface area contributed by atoms with Crippen molar-refractivity contribution in [1.29, 1.82) is 0 Å². The monoisotopic (exact) mass is 331 g/mol. The summed E-state index contributed by atoms with van der Waals surface area (Å²) in [5, 5.41) is 8.23. The Hall–Kier alpha value is -1.46. The van der Waals surface area contributed by atoms with Gasteiger partial charge in [-0.1, -0.05) is 25.0 Å². The van der Waals surface area contributed by atoms with Crippen LogP contribution in [0.25, 0.3) is 0 Å². The molecule has 4 nitrogen and oxygen atoms in total. The van der Waals surface area contributed by atoms with E-state index in [1.807, 2.05) is 24.3 Å². The van der Waals surface area contributed by atoms with Crippen LogP contribution in [-0.2, 0) is 17.3 Å². The van der Waals surface area contributed by atoms with Gasteiger partial charge < -0.3 is 5.32 Å². The van der Waals surface area contributed by atoms with Gasteiger partial charge in [0.25, 0.3) is 0 Å². The Kier molecular flexibility index (Phi) is 5.28. The standard InChI is InChI=1S/C18H25N3OS/c1-14(15-7-9-18(10-8-15)23(2)22)19-13-16-11-12-21(20-16)17-5-3-4-6-17/h7-12,14,17,19H,3-6,13H2,1-2H3. The highest BCUT2D eigenvalue weighted by Crippen LogP contribution is 2.28. The summed E-state index contributed by atoms with van der Waals surface area (Å²) in [6, 6.07) is 10.9. The summed E-state index contributed by atoms with van der Waals surface area (Å²) in [5.74, 6) is 0. The molecule has 1 fully saturated rings. The van der Waals surface area contributed by atoms with E-state index in [9.17, 15) is 4.21 Å². The second kappa shape index (κ2) is 7.41. The molecule has 124 valence electrons. The topological polar surface area (TPSA) is 46.9 Å². The lowest BCUT2D eigenvalue weighted by atomic mass is 10.1. The predicted molar refractivity (Wildman–Crippen MR) is 93.8 cm³/mol. The third-order valence-corrected chi connectivity index (χ3v) is 5.60. The molecule has 1 aromatic heterocycles. The number of hydrogen-bond acceptors (Lipinski definition) is 3. The van der Waals surface area contributed by atoms with Crippen molar-refractivity contribution < 1.29 is 4.21 Å². The summed E-state index contributed by atoms with van der Waals surface area (Å²) in [6.07, 6.45) is 8.99. The molecule has 0 aliphatic heterocycles. The number of nitrogens with zero attached hydrogens (tertiary/aromatic N) is 2. The van der Waals surface area contributed by atoms with Gasteiger partial charge in [0, 0.05) is 40.7 Å². The molecule has 0 amide bonds. The third kappa shape index (κ3) is 4.09. The molecule has 1 heterocycles. The molecule has 3 rings (SSSR count). The molecule has 1 aromatic carbocycles. The molecule has 1 saturated carbocycles. The van der Waals surface area contributed by atoms with E-state index in [4.69, 9.17) is 5.10 Å². The van der Waals surface area contributed by atoms with Crippen molar-refractivity contribution in [1.82, 2.24) is 15.1 Å². The van der Waals surface area contributed by atoms with Crippen LogP contribution in [-0.4, -0.2) is 20.2 Å². The van der Waals surface area contributed by atoms with E-state index >= 15 is 0 Å². The molecule has 1 N–H and O–H groups in total. The zero-order valence-electron chi connectivity index (χ0n) is 13.9. The normalized spacial score (nSPS) is 18.2. The Bertz CT molecular complexity index is 659. The maximum Gasteiger partial charge on any atom is 0.0762 e. The van der Waals surface area contributed by atoms with Crippen molar-refractivity contribution in [3.8, 4) is 0 Å². The maximum absolute atomic E-state index is 11.4. The SMILES string of the molecule is CC(NCc1ccn(C2CCCC2)n1)c1ccc(S(C)=O)cc1. The largest absolute Gasteiger partial charge is 0.304 e. The van der Waals surface area contributed by atoms with Crippen LogP contribution in [0.2, 0.25) is 0 Å². The lowest BCUT2D eigenvalue weighted by Crippen LogP contribution is -2.18. The van der Waals surface area contributed by atoms with Gasteiger partial charge in [-0.15, -0.1) is 0 Å². The van der Waals surface area contributed by atoms with E-state index in [2.05, 4.69) is 29.2 Å². The van der Waals surface area contributed by atoms with Gasteiger partial charge in [-0.3, -0.25) is 8.89 Å². The molecule has 23 heavy (non-hydrogen) atoms. The van der Waals surface area contributed by atoms with Crippen LogP contribution in [0.15, 0.2) is 41.4 Å². The summed E-state index contributed by atoms with van der Waals surface area (Å²) < 4.78 is 13.6. The van der Waals surface area contributed by atoms with Gasteiger partial charge in [0.1, 0.15) is 0 Å². The molecule has 2 atom stereocenters. The highest BCUT2D eigenvalue weighted by molar-refractivity contribution is 7.84. The van der Waals surface area contributed by atoms with Gasteiger partial charge in [0.15, 0.2) is 0 Å². The highest BCUT2D eigenvalue weighted by atomic mass is 32.2. The number of benzene rings is 1. The smallest absolute Gasteiger partial charge is 0.0762 e. The molecule has 2 aromatic rings. The van der Waals surface area contributed by atoms with Crippen LogP contribution >= 0.6 is 0 Å². The van der Waals surface area contributed by atoms with Crippen molar-refractivity contribution in [2.45, 2.75) is 56.1 Å². The van der Waals surface area contributed by atoms with Crippen molar-refractivity contribution in [2.24, 2.45) is 0 Å². The van der Waals surface area contributed by atoms with Gasteiger partial charge in [0.2, 0.25) is 0 Å². The predicted octanol–water partition coefficient (Wildman–Crippen LogP) is 3.59. The zero-order valence-corrected chi connectivity index (χ0v) is 14.7. The molecule has 2 unspecified atom stereocenters. The molecular weight excluding hydrogens is 306 g/mol. The molecule has 1 aliphatic rings. The molecule has 0 bridgehead atoms. The average molecular weight is 331 g/mol. The molecule has 1 aliphatic carbocycles. The summed E-state index contributed by atoms with van der Waals surface area (Å²) >= 11 is 0. The van der Waals surface area contributed by atoms with E-state index in [1.54, 1.807) is 6.26 Å². The number of aromatic nitrogens is 2. The first-order chi connectivity index (χ1) is 11.1. The van der Waals surface area contributed by atoms with Crippen molar-refractivity contribution >= 4 is 10.8 Å². The minimum atomic E-state index is -0.916. The summed E-state index contributed by atoms with van der Waals surface area (Å²) in [7, 11) is -0.916. The van der Waals surface area contributed by atoms with E-state index in [0.717, 1.165) is 17.1 Å². The van der Waals surface area contributed by atoms with Crippen LogP contribution in [0.4, 0.5) is 0 Å². The number of nitrogens with one attached hydrogen (secondary N) is 1. The van der Waals surface area contributed by atoms with Gasteiger partial charge in [-0.05, 0) is 43.5 Å². The van der Waals surface area contributed by atoms with Crippen LogP contribution in [0.3, 0.4) is 0 Å².